The average molecular weight is 442 g/mol. The number of amides is 1. The maximum absolute atomic E-state index is 13.5. The third kappa shape index (κ3) is 3.85. The van der Waals surface area contributed by atoms with Gasteiger partial charge in [-0.1, -0.05) is 11.6 Å². The van der Waals surface area contributed by atoms with Gasteiger partial charge in [-0.05, 0) is 43.9 Å². The van der Waals surface area contributed by atoms with Crippen molar-refractivity contribution in [1.82, 2.24) is 25.3 Å². The zero-order chi connectivity index (χ0) is 21.5. The van der Waals surface area contributed by atoms with Gasteiger partial charge in [0.05, 0.1) is 11.2 Å². The highest BCUT2D eigenvalue weighted by molar-refractivity contribution is 6.31. The largest absolute Gasteiger partial charge is 0.353 e. The van der Waals surface area contributed by atoms with Gasteiger partial charge < -0.3 is 15.5 Å². The van der Waals surface area contributed by atoms with Crippen molar-refractivity contribution in [3.05, 3.63) is 41.6 Å². The second-order valence-corrected chi connectivity index (χ2v) is 8.45. The third-order valence-corrected chi connectivity index (χ3v) is 6.21. The number of anilines is 3. The van der Waals surface area contributed by atoms with Gasteiger partial charge in [-0.15, -0.1) is 0 Å². The minimum Gasteiger partial charge on any atom is -0.353 e. The second-order valence-electron chi connectivity index (χ2n) is 8.04. The van der Waals surface area contributed by atoms with Crippen LogP contribution in [-0.4, -0.2) is 44.0 Å². The fourth-order valence-corrected chi connectivity index (χ4v) is 4.86. The molecule has 31 heavy (non-hydrogen) atoms. The molecule has 8 nitrogen and oxygen atoms in total. The number of piperidine rings is 1. The molecular formula is C21H21ClFN7O. The molecule has 2 aromatic heterocycles. The molecule has 1 amide bonds. The summed E-state index contributed by atoms with van der Waals surface area (Å²) in [6, 6.07) is 5.14. The molecule has 2 saturated heterocycles. The molecule has 1 aromatic carbocycles. The Balaban J connectivity index is 1.45. The highest BCUT2D eigenvalue weighted by Gasteiger charge is 2.42. The number of rotatable bonds is 4. The summed E-state index contributed by atoms with van der Waals surface area (Å²) >= 11 is 5.90. The predicted octanol–water partition coefficient (Wildman–Crippen LogP) is 3.59. The van der Waals surface area contributed by atoms with E-state index in [1.807, 2.05) is 0 Å². The quantitative estimate of drug-likeness (QED) is 0.638. The number of benzene rings is 1. The summed E-state index contributed by atoms with van der Waals surface area (Å²) in [6.07, 6.45) is 6.98. The number of nitrogens with one attached hydrogen (secondary N) is 2. The van der Waals surface area contributed by atoms with Gasteiger partial charge in [-0.2, -0.15) is 0 Å². The Morgan fingerprint density at radius 2 is 1.97 bits per heavy atom. The molecule has 2 unspecified atom stereocenters. The summed E-state index contributed by atoms with van der Waals surface area (Å²) in [4.78, 5) is 31.7. The zero-order valence-corrected chi connectivity index (χ0v) is 17.6. The van der Waals surface area contributed by atoms with Gasteiger partial charge in [0.15, 0.2) is 5.82 Å². The molecule has 160 valence electrons. The third-order valence-electron chi connectivity index (χ3n) is 5.92. The lowest BCUT2D eigenvalue weighted by Gasteiger charge is -2.39. The molecule has 2 fully saturated rings. The summed E-state index contributed by atoms with van der Waals surface area (Å²) in [5, 5.41) is 6.23. The van der Waals surface area contributed by atoms with Crippen molar-refractivity contribution in [3.8, 4) is 0 Å². The van der Waals surface area contributed by atoms with Gasteiger partial charge in [-0.3, -0.25) is 4.79 Å². The normalized spacial score (nSPS) is 22.5. The standard InChI is InChI=1S/C21H21ClFN7O/c1-11(31)27-13-6-14-3-4-15(7-13)30(14)21-24-9-18-19(29-21)20(26-10-25-18)28-12-2-5-17(23)16(22)8-12/h2,5,8-10,13-15H,3-4,6-7H2,1H3,(H,27,31)(H,25,26,28). The molecule has 3 aromatic rings. The Morgan fingerprint density at radius 3 is 2.68 bits per heavy atom. The van der Waals surface area contributed by atoms with Crippen molar-refractivity contribution in [2.24, 2.45) is 0 Å². The summed E-state index contributed by atoms with van der Waals surface area (Å²) < 4.78 is 13.5. The van der Waals surface area contributed by atoms with Crippen LogP contribution in [0.15, 0.2) is 30.7 Å². The Morgan fingerprint density at radius 1 is 1.19 bits per heavy atom. The minimum atomic E-state index is -0.484. The maximum atomic E-state index is 13.5. The van der Waals surface area contributed by atoms with E-state index in [1.54, 1.807) is 19.2 Å². The molecule has 2 aliphatic heterocycles. The van der Waals surface area contributed by atoms with Gasteiger partial charge in [0.2, 0.25) is 11.9 Å². The lowest BCUT2D eigenvalue weighted by Crippen LogP contribution is -2.50. The van der Waals surface area contributed by atoms with E-state index in [9.17, 15) is 9.18 Å². The van der Waals surface area contributed by atoms with Crippen molar-refractivity contribution in [3.63, 3.8) is 0 Å². The number of halogens is 2. The van der Waals surface area contributed by atoms with Gasteiger partial charge in [0, 0.05) is 30.7 Å². The van der Waals surface area contributed by atoms with Crippen LogP contribution >= 0.6 is 11.6 Å². The molecule has 4 heterocycles. The molecule has 0 aliphatic carbocycles. The summed E-state index contributed by atoms with van der Waals surface area (Å²) in [5.74, 6) is 0.657. The molecule has 10 heteroatoms. The van der Waals surface area contributed by atoms with Crippen LogP contribution in [0.3, 0.4) is 0 Å². The van der Waals surface area contributed by atoms with Crippen LogP contribution in [0.2, 0.25) is 5.02 Å². The molecule has 2 N–H and O–H groups in total. The molecule has 2 atom stereocenters. The van der Waals surface area contributed by atoms with Crippen LogP contribution in [-0.2, 0) is 4.79 Å². The van der Waals surface area contributed by atoms with Crippen molar-refractivity contribution < 1.29 is 9.18 Å². The first-order chi connectivity index (χ1) is 15.0. The first kappa shape index (κ1) is 19.9. The Hall–Kier alpha value is -3.07. The van der Waals surface area contributed by atoms with E-state index in [4.69, 9.17) is 16.6 Å². The number of hydrogen-bond acceptors (Lipinski definition) is 7. The number of carbonyl (C=O) groups excluding carboxylic acids is 1. The average Bonchev–Trinajstić information content (AvgIpc) is 3.01. The van der Waals surface area contributed by atoms with Gasteiger partial charge >= 0.3 is 0 Å². The van der Waals surface area contributed by atoms with Crippen molar-refractivity contribution in [1.29, 1.82) is 0 Å². The van der Waals surface area contributed by atoms with Crippen LogP contribution in [0.4, 0.5) is 21.8 Å². The fourth-order valence-electron chi connectivity index (χ4n) is 4.68. The first-order valence-electron chi connectivity index (χ1n) is 10.2. The Labute approximate surface area is 183 Å². The highest BCUT2D eigenvalue weighted by Crippen LogP contribution is 2.38. The number of hydrogen-bond donors (Lipinski definition) is 2. The Bertz CT molecular complexity index is 1150. The van der Waals surface area contributed by atoms with Crippen LogP contribution in [0.1, 0.15) is 32.6 Å². The van der Waals surface area contributed by atoms with Gasteiger partial charge in [0.25, 0.3) is 0 Å². The molecule has 0 radical (unpaired) electrons. The first-order valence-corrected chi connectivity index (χ1v) is 10.6. The molecule has 2 aliphatic rings. The number of carbonyl (C=O) groups is 1. The van der Waals surface area contributed by atoms with E-state index in [0.29, 0.717) is 28.5 Å². The Kier molecular flexibility index (Phi) is 5.05. The fraction of sp³-hybridized carbons (Fsp3) is 0.381. The van der Waals surface area contributed by atoms with Crippen LogP contribution in [0, 0.1) is 5.82 Å². The van der Waals surface area contributed by atoms with Crippen molar-refractivity contribution >= 4 is 46.0 Å². The van der Waals surface area contributed by atoms with E-state index < -0.39 is 5.82 Å². The minimum absolute atomic E-state index is 0.00793. The molecular weight excluding hydrogens is 421 g/mol. The van der Waals surface area contributed by atoms with Gasteiger partial charge in [-0.25, -0.2) is 24.3 Å². The zero-order valence-electron chi connectivity index (χ0n) is 16.8. The van der Waals surface area contributed by atoms with Crippen molar-refractivity contribution in [2.75, 3.05) is 10.2 Å². The van der Waals surface area contributed by atoms with E-state index in [2.05, 4.69) is 30.5 Å². The topological polar surface area (TPSA) is 95.9 Å². The maximum Gasteiger partial charge on any atom is 0.226 e. The van der Waals surface area contributed by atoms with Crippen LogP contribution in [0.25, 0.3) is 11.0 Å². The van der Waals surface area contributed by atoms with Crippen LogP contribution in [0.5, 0.6) is 0 Å². The smallest absolute Gasteiger partial charge is 0.226 e. The van der Waals surface area contributed by atoms with Crippen LogP contribution < -0.4 is 15.5 Å². The number of fused-ring (bicyclic) bond motifs is 3. The number of nitrogens with zero attached hydrogens (tertiary/aromatic N) is 5. The monoisotopic (exact) mass is 441 g/mol. The summed E-state index contributed by atoms with van der Waals surface area (Å²) in [7, 11) is 0. The second kappa shape index (κ2) is 7.88. The lowest BCUT2D eigenvalue weighted by atomic mass is 9.97. The summed E-state index contributed by atoms with van der Waals surface area (Å²) in [6.45, 7) is 1.56. The molecule has 2 bridgehead atoms. The summed E-state index contributed by atoms with van der Waals surface area (Å²) in [5.41, 5.74) is 1.79. The van der Waals surface area contributed by atoms with E-state index in [0.717, 1.165) is 25.7 Å². The van der Waals surface area contributed by atoms with E-state index >= 15 is 0 Å². The predicted molar refractivity (Wildman–Crippen MR) is 116 cm³/mol. The van der Waals surface area contributed by atoms with Crippen molar-refractivity contribution in [2.45, 2.75) is 50.7 Å². The van der Waals surface area contributed by atoms with Gasteiger partial charge in [0.1, 0.15) is 23.2 Å². The lowest BCUT2D eigenvalue weighted by molar-refractivity contribution is -0.119. The van der Waals surface area contributed by atoms with E-state index in [1.165, 1.54) is 18.5 Å². The molecule has 5 rings (SSSR count). The van der Waals surface area contributed by atoms with E-state index in [-0.39, 0.29) is 29.1 Å². The molecule has 0 saturated carbocycles. The number of aromatic nitrogens is 4. The SMILES string of the molecule is CC(=O)NC1CC2CCC(C1)N2c1ncc2ncnc(Nc3ccc(F)c(Cl)c3)c2n1. The highest BCUT2D eigenvalue weighted by atomic mass is 35.5. The molecule has 0 spiro atoms.